The second-order valence-electron chi connectivity index (χ2n) is 2.43. The fourth-order valence-corrected chi connectivity index (χ4v) is 1.69. The van der Waals surface area contributed by atoms with Gasteiger partial charge in [-0.2, -0.15) is 0 Å². The van der Waals surface area contributed by atoms with Gasteiger partial charge in [0.25, 0.3) is 0 Å². The Morgan fingerprint density at radius 1 is 1.33 bits per heavy atom. The fraction of sp³-hybridized carbons (Fsp3) is 0.429. The van der Waals surface area contributed by atoms with E-state index >= 15 is 0 Å². The summed E-state index contributed by atoms with van der Waals surface area (Å²) in [5.74, 6) is 0. The smallest absolute Gasteiger partial charge is 0.0401 e. The molecule has 51 valence electrons. The third-order valence-corrected chi connectivity index (χ3v) is 2.23. The van der Waals surface area contributed by atoms with Gasteiger partial charge in [0.2, 0.25) is 0 Å². The molecular formula is C7H7ClRh. The number of hydrogen-bond donors (Lipinski definition) is 0. The minimum Gasteiger partial charge on any atom is -0.0844 e. The van der Waals surface area contributed by atoms with Crippen LogP contribution in [0.25, 0.3) is 0 Å². The molecule has 2 aliphatic rings. The molecule has 2 aliphatic carbocycles. The predicted molar refractivity (Wildman–Crippen MR) is 34.8 cm³/mol. The van der Waals surface area contributed by atoms with Crippen LogP contribution < -0.4 is 0 Å². The van der Waals surface area contributed by atoms with Crippen LogP contribution in [0.1, 0.15) is 19.3 Å². The van der Waals surface area contributed by atoms with Crippen molar-refractivity contribution in [3.63, 3.8) is 0 Å². The molecule has 0 heterocycles. The van der Waals surface area contributed by atoms with Gasteiger partial charge < -0.3 is 0 Å². The summed E-state index contributed by atoms with van der Waals surface area (Å²) in [7, 11) is 0. The second-order valence-corrected chi connectivity index (χ2v) is 2.84. The average molecular weight is 229 g/mol. The Kier molecular flexibility index (Phi) is 2.13. The molecule has 2 heteroatoms. The fourth-order valence-electron chi connectivity index (χ4n) is 1.37. The SMILES string of the molecule is ClC1=C2CCC(=C1)C2.[Rh]. The van der Waals surface area contributed by atoms with Crippen LogP contribution in [0.15, 0.2) is 22.3 Å². The molecule has 0 aromatic heterocycles. The number of allylic oxidation sites excluding steroid dienone is 4. The molecule has 0 saturated heterocycles. The van der Waals surface area contributed by atoms with Gasteiger partial charge in [-0.05, 0) is 30.9 Å². The number of fused-ring (bicyclic) bond motifs is 2. The maximum absolute atomic E-state index is 5.81. The summed E-state index contributed by atoms with van der Waals surface area (Å²) >= 11 is 5.81. The van der Waals surface area contributed by atoms with Crippen molar-refractivity contribution < 1.29 is 19.5 Å². The largest absolute Gasteiger partial charge is 0.0844 e. The van der Waals surface area contributed by atoms with Gasteiger partial charge in [0.1, 0.15) is 0 Å². The van der Waals surface area contributed by atoms with Crippen LogP contribution in [0.5, 0.6) is 0 Å². The molecule has 0 nitrogen and oxygen atoms in total. The van der Waals surface area contributed by atoms with Crippen LogP contribution in [-0.2, 0) is 19.5 Å². The van der Waals surface area contributed by atoms with Gasteiger partial charge in [-0.15, -0.1) is 0 Å². The number of rotatable bonds is 0. The summed E-state index contributed by atoms with van der Waals surface area (Å²) in [6.07, 6.45) is 5.79. The van der Waals surface area contributed by atoms with Gasteiger partial charge in [0.05, 0.1) is 0 Å². The van der Waals surface area contributed by atoms with Gasteiger partial charge in [-0.25, -0.2) is 0 Å². The van der Waals surface area contributed by atoms with Gasteiger partial charge in [-0.3, -0.25) is 0 Å². The summed E-state index contributed by atoms with van der Waals surface area (Å²) in [4.78, 5) is 0. The molecule has 0 N–H and O–H groups in total. The Morgan fingerprint density at radius 2 is 2.11 bits per heavy atom. The molecular weight excluding hydrogens is 222 g/mol. The van der Waals surface area contributed by atoms with Gasteiger partial charge in [0.15, 0.2) is 0 Å². The quantitative estimate of drug-likeness (QED) is 0.560. The van der Waals surface area contributed by atoms with Crippen molar-refractivity contribution in [2.45, 2.75) is 19.3 Å². The normalized spacial score (nSPS) is 22.1. The van der Waals surface area contributed by atoms with Crippen LogP contribution >= 0.6 is 11.6 Å². The minimum absolute atomic E-state index is 0. The van der Waals surface area contributed by atoms with Crippen LogP contribution in [0.3, 0.4) is 0 Å². The van der Waals surface area contributed by atoms with Gasteiger partial charge in [-0.1, -0.05) is 17.2 Å². The van der Waals surface area contributed by atoms with Crippen molar-refractivity contribution in [2.24, 2.45) is 0 Å². The molecule has 0 atom stereocenters. The Bertz CT molecular complexity index is 191. The van der Waals surface area contributed by atoms with Gasteiger partial charge >= 0.3 is 0 Å². The minimum atomic E-state index is 0. The van der Waals surface area contributed by atoms with Crippen LogP contribution in [0.2, 0.25) is 0 Å². The van der Waals surface area contributed by atoms with Crippen molar-refractivity contribution in [3.05, 3.63) is 22.3 Å². The number of halogens is 1. The monoisotopic (exact) mass is 229 g/mol. The van der Waals surface area contributed by atoms with E-state index in [0.717, 1.165) is 5.03 Å². The standard InChI is InChI=1S/C7H7Cl.Rh/c8-7-4-5-1-2-6(7)3-5;/h4H,1-3H2;. The van der Waals surface area contributed by atoms with E-state index in [-0.39, 0.29) is 19.5 Å². The summed E-state index contributed by atoms with van der Waals surface area (Å²) in [6.45, 7) is 0. The molecule has 0 aromatic carbocycles. The predicted octanol–water partition coefficient (Wildman–Crippen LogP) is 2.60. The van der Waals surface area contributed by atoms with E-state index in [2.05, 4.69) is 6.08 Å². The number of hydrogen-bond acceptors (Lipinski definition) is 0. The summed E-state index contributed by atoms with van der Waals surface area (Å²) in [5, 5.41) is 1.02. The molecule has 9 heavy (non-hydrogen) atoms. The first-order chi connectivity index (χ1) is 3.86. The van der Waals surface area contributed by atoms with E-state index in [1.165, 1.54) is 30.4 Å². The van der Waals surface area contributed by atoms with Crippen molar-refractivity contribution in [1.82, 2.24) is 0 Å². The third kappa shape index (κ3) is 1.13. The topological polar surface area (TPSA) is 0 Å². The molecule has 0 unspecified atom stereocenters. The van der Waals surface area contributed by atoms with Crippen molar-refractivity contribution in [2.75, 3.05) is 0 Å². The molecule has 2 bridgehead atoms. The molecule has 1 radical (unpaired) electrons. The first-order valence-electron chi connectivity index (χ1n) is 2.93. The van der Waals surface area contributed by atoms with Crippen molar-refractivity contribution in [3.8, 4) is 0 Å². The molecule has 2 rings (SSSR count). The summed E-state index contributed by atoms with van der Waals surface area (Å²) < 4.78 is 0. The van der Waals surface area contributed by atoms with E-state index in [4.69, 9.17) is 11.6 Å². The molecule has 0 spiro atoms. The zero-order valence-corrected chi connectivity index (χ0v) is 7.30. The Labute approximate surface area is 72.7 Å². The maximum atomic E-state index is 5.81. The third-order valence-electron chi connectivity index (χ3n) is 1.86. The summed E-state index contributed by atoms with van der Waals surface area (Å²) in [6, 6.07) is 0. The average Bonchev–Trinajstić information content (AvgIpc) is 2.23. The molecule has 0 aliphatic heterocycles. The van der Waals surface area contributed by atoms with Crippen LogP contribution in [-0.4, -0.2) is 0 Å². The summed E-state index contributed by atoms with van der Waals surface area (Å²) in [5.41, 5.74) is 2.99. The zero-order valence-electron chi connectivity index (χ0n) is 4.91. The van der Waals surface area contributed by atoms with E-state index < -0.39 is 0 Å². The molecule has 0 aromatic rings. The van der Waals surface area contributed by atoms with Crippen LogP contribution in [0, 0.1) is 0 Å². The van der Waals surface area contributed by atoms with Gasteiger partial charge in [0, 0.05) is 24.5 Å². The van der Waals surface area contributed by atoms with Crippen molar-refractivity contribution >= 4 is 11.6 Å². The first-order valence-corrected chi connectivity index (χ1v) is 3.31. The van der Waals surface area contributed by atoms with Crippen LogP contribution in [0.4, 0.5) is 0 Å². The molecule has 0 amide bonds. The molecule has 1 fully saturated rings. The van der Waals surface area contributed by atoms with E-state index in [1.807, 2.05) is 0 Å². The second kappa shape index (κ2) is 2.56. The molecule has 1 saturated carbocycles. The first kappa shape index (κ1) is 7.50. The van der Waals surface area contributed by atoms with Crippen molar-refractivity contribution in [1.29, 1.82) is 0 Å². The maximum Gasteiger partial charge on any atom is 0.0401 e. The Hall–Kier alpha value is 0.393. The van der Waals surface area contributed by atoms with E-state index in [0.29, 0.717) is 0 Å². The van der Waals surface area contributed by atoms with E-state index in [1.54, 1.807) is 0 Å². The van der Waals surface area contributed by atoms with E-state index in [9.17, 15) is 0 Å². The Morgan fingerprint density at radius 3 is 2.33 bits per heavy atom. The Balaban J connectivity index is 0.000000405. The zero-order chi connectivity index (χ0) is 5.56.